The van der Waals surface area contributed by atoms with E-state index in [0.29, 0.717) is 53.9 Å². The van der Waals surface area contributed by atoms with Gasteiger partial charge in [0.25, 0.3) is 11.8 Å². The first kappa shape index (κ1) is 43.2. The molecule has 4 rings (SSSR count). The number of nitrogens with one attached hydrogen (secondary N) is 1. The largest absolute Gasteiger partial charge is 0.497 e. The SMILES string of the molecule is COc1ccc(S(=O)N(CCCNC(=O)c2cc(C(=O)N(C)C3CCCCC3)cc(N(C)C(=O)OC(C)(C)C)c2)CC(C)C)cc1.Cc1ccccc1. The zero-order valence-electron chi connectivity index (χ0n) is 33.1. The van der Waals surface area contributed by atoms with Crippen molar-refractivity contribution in [2.24, 2.45) is 5.92 Å². The van der Waals surface area contributed by atoms with E-state index >= 15 is 0 Å². The van der Waals surface area contributed by atoms with Crippen molar-refractivity contribution in [3.8, 4) is 5.75 Å². The molecule has 3 amide bonds. The van der Waals surface area contributed by atoms with Crippen LogP contribution < -0.4 is 15.0 Å². The Kier molecular flexibility index (Phi) is 17.0. The monoisotopic (exact) mass is 748 g/mol. The van der Waals surface area contributed by atoms with Gasteiger partial charge in [-0.05, 0) is 95.3 Å². The fraction of sp³-hybridized carbons (Fsp3) is 0.500. The van der Waals surface area contributed by atoms with Crippen LogP contribution in [-0.4, -0.2) is 83.8 Å². The molecule has 1 atom stereocenters. The number of carbonyl (C=O) groups excluding carboxylic acids is 3. The van der Waals surface area contributed by atoms with Crippen LogP contribution in [0.1, 0.15) is 99.4 Å². The van der Waals surface area contributed by atoms with Gasteiger partial charge < -0.3 is 19.7 Å². The summed E-state index contributed by atoms with van der Waals surface area (Å²) in [6.07, 6.45) is 5.21. The molecule has 10 nitrogen and oxygen atoms in total. The molecule has 0 bridgehead atoms. The number of hydrogen-bond acceptors (Lipinski definition) is 6. The second kappa shape index (κ2) is 20.9. The highest BCUT2D eigenvalue weighted by atomic mass is 32.2. The van der Waals surface area contributed by atoms with Crippen molar-refractivity contribution in [1.29, 1.82) is 0 Å². The summed E-state index contributed by atoms with van der Waals surface area (Å²) >= 11 is 0. The van der Waals surface area contributed by atoms with Crippen LogP contribution >= 0.6 is 0 Å². The highest BCUT2D eigenvalue weighted by Gasteiger charge is 2.27. The van der Waals surface area contributed by atoms with Crippen molar-refractivity contribution in [2.75, 3.05) is 45.7 Å². The van der Waals surface area contributed by atoms with Crippen molar-refractivity contribution in [2.45, 2.75) is 96.6 Å². The minimum atomic E-state index is -1.36. The van der Waals surface area contributed by atoms with E-state index in [1.54, 1.807) is 89.3 Å². The van der Waals surface area contributed by atoms with Crippen LogP contribution in [0.2, 0.25) is 0 Å². The van der Waals surface area contributed by atoms with Crippen molar-refractivity contribution < 1.29 is 28.1 Å². The Morgan fingerprint density at radius 1 is 0.906 bits per heavy atom. The van der Waals surface area contributed by atoms with Gasteiger partial charge in [0, 0.05) is 56.6 Å². The first-order chi connectivity index (χ1) is 25.1. The van der Waals surface area contributed by atoms with E-state index in [0.717, 1.165) is 25.7 Å². The Labute approximate surface area is 319 Å². The van der Waals surface area contributed by atoms with Gasteiger partial charge in [0.15, 0.2) is 0 Å². The number of methoxy groups -OCH3 is 1. The summed E-state index contributed by atoms with van der Waals surface area (Å²) < 4.78 is 26.1. The number of anilines is 1. The number of ether oxygens (including phenoxy) is 2. The number of aryl methyl sites for hydroxylation is 1. The standard InChI is InChI=1S/C35H52N4O6S.C7H8/c1-25(2)24-39(46(43)31-17-15-30(44-8)16-18-31)20-12-19-36-32(40)26-21-27(33(41)37(6)28-13-10-9-11-14-28)23-29(22-26)38(7)34(42)45-35(3,4)5;1-7-5-3-2-4-6-7/h15-18,21-23,25,28H,9-14,19-20,24H2,1-8H3,(H,36,40);2-6H,1H3. The summed E-state index contributed by atoms with van der Waals surface area (Å²) in [4.78, 5) is 43.8. The maximum Gasteiger partial charge on any atom is 0.414 e. The van der Waals surface area contributed by atoms with Crippen LogP contribution in [0.5, 0.6) is 5.75 Å². The highest BCUT2D eigenvalue weighted by Crippen LogP contribution is 2.26. The zero-order valence-corrected chi connectivity index (χ0v) is 34.0. The van der Waals surface area contributed by atoms with E-state index < -0.39 is 22.7 Å². The van der Waals surface area contributed by atoms with E-state index in [2.05, 4.69) is 38.2 Å². The lowest BCUT2D eigenvalue weighted by Crippen LogP contribution is -2.39. The topological polar surface area (TPSA) is 108 Å². The highest BCUT2D eigenvalue weighted by molar-refractivity contribution is 7.82. The Bertz CT molecular complexity index is 1640. The molecule has 0 heterocycles. The minimum absolute atomic E-state index is 0.142. The fourth-order valence-corrected chi connectivity index (χ4v) is 7.31. The number of nitrogens with zero attached hydrogens (tertiary/aromatic N) is 3. The van der Waals surface area contributed by atoms with E-state index in [4.69, 9.17) is 9.47 Å². The molecule has 1 aliphatic carbocycles. The first-order valence-electron chi connectivity index (χ1n) is 18.6. The maximum absolute atomic E-state index is 13.7. The Balaban J connectivity index is 0.000000964. The second-order valence-electron chi connectivity index (χ2n) is 15.0. The first-order valence-corrected chi connectivity index (χ1v) is 19.7. The number of carbonyl (C=O) groups is 3. The Morgan fingerprint density at radius 2 is 1.53 bits per heavy atom. The lowest BCUT2D eigenvalue weighted by Gasteiger charge is -2.31. The van der Waals surface area contributed by atoms with Crippen LogP contribution in [0.3, 0.4) is 0 Å². The van der Waals surface area contributed by atoms with Crippen molar-refractivity contribution in [1.82, 2.24) is 14.5 Å². The summed E-state index contributed by atoms with van der Waals surface area (Å²) in [5.41, 5.74) is 1.61. The van der Waals surface area contributed by atoms with Gasteiger partial charge in [-0.2, -0.15) is 0 Å². The van der Waals surface area contributed by atoms with Gasteiger partial charge in [0.05, 0.1) is 12.0 Å². The second-order valence-corrected chi connectivity index (χ2v) is 16.5. The van der Waals surface area contributed by atoms with Gasteiger partial charge in [-0.25, -0.2) is 13.3 Å². The lowest BCUT2D eigenvalue weighted by molar-refractivity contribution is 0.0587. The van der Waals surface area contributed by atoms with Gasteiger partial charge in [0.2, 0.25) is 0 Å². The van der Waals surface area contributed by atoms with Gasteiger partial charge in [-0.1, -0.05) is 69.0 Å². The number of rotatable bonds is 13. The molecule has 0 aliphatic heterocycles. The number of hydrogen-bond donors (Lipinski definition) is 1. The predicted octanol–water partition coefficient (Wildman–Crippen LogP) is 8.27. The average molecular weight is 749 g/mol. The van der Waals surface area contributed by atoms with Crippen molar-refractivity contribution in [3.63, 3.8) is 0 Å². The predicted molar refractivity (Wildman–Crippen MR) is 214 cm³/mol. The van der Waals surface area contributed by atoms with Crippen LogP contribution in [-0.2, 0) is 15.7 Å². The average Bonchev–Trinajstić information content (AvgIpc) is 3.14. The normalized spacial score (nSPS) is 13.8. The van der Waals surface area contributed by atoms with Crippen molar-refractivity contribution in [3.05, 3.63) is 89.5 Å². The van der Waals surface area contributed by atoms with Gasteiger partial charge in [-0.3, -0.25) is 14.5 Å². The molecule has 0 aromatic heterocycles. The third-order valence-corrected chi connectivity index (χ3v) is 10.3. The van der Waals surface area contributed by atoms with E-state index in [9.17, 15) is 18.6 Å². The minimum Gasteiger partial charge on any atom is -0.497 e. The molecule has 53 heavy (non-hydrogen) atoms. The Hall–Kier alpha value is -4.22. The molecular weight excluding hydrogens is 689 g/mol. The summed E-state index contributed by atoms with van der Waals surface area (Å²) in [5, 5.41) is 2.95. The third-order valence-electron chi connectivity index (χ3n) is 8.80. The summed E-state index contributed by atoms with van der Waals surface area (Å²) in [7, 11) is 3.60. The molecule has 0 saturated heterocycles. The molecule has 0 radical (unpaired) electrons. The lowest BCUT2D eigenvalue weighted by atomic mass is 9.94. The number of amides is 3. The maximum atomic E-state index is 13.7. The molecule has 11 heteroatoms. The molecule has 1 unspecified atom stereocenters. The van der Waals surface area contributed by atoms with Gasteiger partial charge >= 0.3 is 6.09 Å². The summed E-state index contributed by atoms with van der Waals surface area (Å²) in [5.74, 6) is 0.445. The van der Waals surface area contributed by atoms with Gasteiger partial charge in [-0.15, -0.1) is 0 Å². The molecule has 3 aromatic rings. The molecule has 1 saturated carbocycles. The fourth-order valence-electron chi connectivity index (χ4n) is 5.92. The molecule has 1 aliphatic rings. The van der Waals surface area contributed by atoms with Gasteiger partial charge in [0.1, 0.15) is 22.3 Å². The molecule has 290 valence electrons. The quantitative estimate of drug-likeness (QED) is 0.176. The Morgan fingerprint density at radius 3 is 2.08 bits per heavy atom. The van der Waals surface area contributed by atoms with Crippen LogP contribution in [0.4, 0.5) is 10.5 Å². The molecular formula is C42H60N4O6S. The zero-order chi connectivity index (χ0) is 39.1. The third kappa shape index (κ3) is 14.3. The van der Waals surface area contributed by atoms with Crippen molar-refractivity contribution >= 4 is 34.6 Å². The summed E-state index contributed by atoms with van der Waals surface area (Å²) in [6, 6.07) is 22.4. The molecule has 1 fully saturated rings. The van der Waals surface area contributed by atoms with Crippen LogP contribution in [0.25, 0.3) is 0 Å². The van der Waals surface area contributed by atoms with E-state index in [-0.39, 0.29) is 23.4 Å². The summed E-state index contributed by atoms with van der Waals surface area (Å²) in [6.45, 7) is 13.1. The van der Waals surface area contributed by atoms with E-state index in [1.807, 2.05) is 22.5 Å². The molecule has 0 spiro atoms. The van der Waals surface area contributed by atoms with E-state index in [1.165, 1.54) is 16.9 Å². The smallest absolute Gasteiger partial charge is 0.414 e. The number of benzene rings is 3. The van der Waals surface area contributed by atoms with Crippen LogP contribution in [0.15, 0.2) is 77.7 Å². The molecule has 3 aromatic carbocycles. The van der Waals surface area contributed by atoms with Crippen LogP contribution in [0, 0.1) is 12.8 Å². The molecule has 1 N–H and O–H groups in total.